The fourth-order valence-corrected chi connectivity index (χ4v) is 4.56. The Bertz CT molecular complexity index is 1210. The van der Waals surface area contributed by atoms with Crippen LogP contribution in [0.4, 0.5) is 14.9 Å². The van der Waals surface area contributed by atoms with Gasteiger partial charge in [0.2, 0.25) is 0 Å². The Morgan fingerprint density at radius 2 is 1.75 bits per heavy atom. The summed E-state index contributed by atoms with van der Waals surface area (Å²) in [5.74, 6) is 0.0948. The number of carbonyl (C=O) groups is 2. The minimum absolute atomic E-state index is 0.287. The number of imide groups is 1. The van der Waals surface area contributed by atoms with Crippen molar-refractivity contribution in [2.24, 2.45) is 0 Å². The van der Waals surface area contributed by atoms with Crippen molar-refractivity contribution in [1.29, 1.82) is 0 Å². The van der Waals surface area contributed by atoms with Gasteiger partial charge in [-0.1, -0.05) is 30.3 Å². The number of methoxy groups -OCH3 is 1. The third-order valence-corrected chi connectivity index (χ3v) is 6.00. The fraction of sp³-hybridized carbons (Fsp3) is 0.200. The van der Waals surface area contributed by atoms with Crippen molar-refractivity contribution >= 4 is 17.6 Å². The van der Waals surface area contributed by atoms with Crippen LogP contribution in [0, 0.1) is 5.82 Å². The molecule has 3 aromatic rings. The molecule has 2 atom stereocenters. The van der Waals surface area contributed by atoms with Crippen LogP contribution in [0.15, 0.2) is 72.8 Å². The minimum Gasteiger partial charge on any atom is -0.496 e. The highest BCUT2D eigenvalue weighted by Gasteiger charge is 2.55. The molecule has 0 spiro atoms. The highest BCUT2D eigenvalue weighted by atomic mass is 19.1. The molecule has 0 unspecified atom stereocenters. The molecule has 162 valence electrons. The summed E-state index contributed by atoms with van der Waals surface area (Å²) in [5.41, 5.74) is 0.441. The van der Waals surface area contributed by atoms with Gasteiger partial charge < -0.3 is 9.47 Å². The van der Waals surface area contributed by atoms with E-state index in [4.69, 9.17) is 9.47 Å². The van der Waals surface area contributed by atoms with Gasteiger partial charge in [-0.2, -0.15) is 0 Å². The maximum atomic E-state index is 13.9. The first kappa shape index (κ1) is 20.1. The second-order valence-electron chi connectivity index (χ2n) is 8.00. The van der Waals surface area contributed by atoms with E-state index in [1.807, 2.05) is 31.2 Å². The number of hydrogen-bond acceptors (Lipinski definition) is 4. The Kier molecular flexibility index (Phi) is 4.62. The van der Waals surface area contributed by atoms with Gasteiger partial charge in [-0.15, -0.1) is 0 Å². The predicted octanol–water partition coefficient (Wildman–Crippen LogP) is 5.16. The molecular weight excluding hydrogens is 411 g/mol. The number of nitrogens with zero attached hydrogens (tertiary/aromatic N) is 2. The molecule has 2 heterocycles. The van der Waals surface area contributed by atoms with E-state index in [2.05, 4.69) is 0 Å². The third kappa shape index (κ3) is 3.00. The molecule has 1 fully saturated rings. The standard InChI is InChI=1S/C25H21FN2O4/c1-25-15-20(18-7-3-6-10-22(18)32-25)27(23(29)19-8-4-5-9-21(19)31-2)24(30)28(25)17-13-11-16(26)12-14-17/h3-14,20H,15H2,1-2H3/t20-,25+/m0/s1. The summed E-state index contributed by atoms with van der Waals surface area (Å²) in [6, 6.07) is 18.7. The number of benzene rings is 3. The molecule has 2 aliphatic heterocycles. The third-order valence-electron chi connectivity index (χ3n) is 6.00. The first-order chi connectivity index (χ1) is 15.4. The van der Waals surface area contributed by atoms with Gasteiger partial charge in [0.15, 0.2) is 5.72 Å². The molecule has 0 saturated carbocycles. The lowest BCUT2D eigenvalue weighted by molar-refractivity contribution is 0.00260. The summed E-state index contributed by atoms with van der Waals surface area (Å²) in [4.78, 5) is 30.3. The van der Waals surface area contributed by atoms with E-state index >= 15 is 0 Å². The van der Waals surface area contributed by atoms with Crippen LogP contribution in [0.2, 0.25) is 0 Å². The summed E-state index contributed by atoms with van der Waals surface area (Å²) >= 11 is 0. The van der Waals surface area contributed by atoms with Gasteiger partial charge in [0, 0.05) is 17.7 Å². The maximum Gasteiger partial charge on any atom is 0.335 e. The van der Waals surface area contributed by atoms with Crippen LogP contribution in [-0.2, 0) is 0 Å². The predicted molar refractivity (Wildman–Crippen MR) is 116 cm³/mol. The Morgan fingerprint density at radius 1 is 1.06 bits per heavy atom. The summed E-state index contributed by atoms with van der Waals surface area (Å²) in [6.45, 7) is 1.81. The van der Waals surface area contributed by atoms with Crippen LogP contribution in [-0.4, -0.2) is 29.7 Å². The van der Waals surface area contributed by atoms with Crippen LogP contribution in [0.1, 0.15) is 35.3 Å². The van der Waals surface area contributed by atoms with Crippen molar-refractivity contribution in [3.8, 4) is 11.5 Å². The Morgan fingerprint density at radius 3 is 2.50 bits per heavy atom. The largest absolute Gasteiger partial charge is 0.496 e. The molecule has 3 amide bonds. The number of hydrogen-bond donors (Lipinski definition) is 0. The Labute approximate surface area is 184 Å². The molecule has 0 aromatic heterocycles. The van der Waals surface area contributed by atoms with Crippen molar-refractivity contribution in [3.05, 3.63) is 89.7 Å². The lowest BCUT2D eigenvalue weighted by atomic mass is 9.88. The zero-order valence-corrected chi connectivity index (χ0v) is 17.6. The van der Waals surface area contributed by atoms with Gasteiger partial charge in [0.05, 0.1) is 18.7 Å². The highest BCUT2D eigenvalue weighted by molar-refractivity contribution is 6.11. The van der Waals surface area contributed by atoms with E-state index in [9.17, 15) is 14.0 Å². The number of rotatable bonds is 3. The first-order valence-electron chi connectivity index (χ1n) is 10.3. The number of urea groups is 1. The average Bonchev–Trinajstić information content (AvgIpc) is 2.79. The number of halogens is 1. The minimum atomic E-state index is -1.05. The zero-order chi connectivity index (χ0) is 22.5. The smallest absolute Gasteiger partial charge is 0.335 e. The second-order valence-corrected chi connectivity index (χ2v) is 8.00. The van der Waals surface area contributed by atoms with Crippen LogP contribution in [0.25, 0.3) is 0 Å². The van der Waals surface area contributed by atoms with Gasteiger partial charge in [-0.05, 0) is 49.4 Å². The molecule has 0 aliphatic carbocycles. The van der Waals surface area contributed by atoms with Crippen molar-refractivity contribution in [2.75, 3.05) is 12.0 Å². The lowest BCUT2D eigenvalue weighted by Gasteiger charge is -2.53. The number of carbonyl (C=O) groups excluding carboxylic acids is 2. The lowest BCUT2D eigenvalue weighted by Crippen LogP contribution is -2.67. The fourth-order valence-electron chi connectivity index (χ4n) is 4.56. The Hall–Kier alpha value is -3.87. The number of fused-ring (bicyclic) bond motifs is 4. The van der Waals surface area contributed by atoms with E-state index in [0.29, 0.717) is 23.6 Å². The van der Waals surface area contributed by atoms with Gasteiger partial charge in [-0.25, -0.2) is 9.18 Å². The van der Waals surface area contributed by atoms with E-state index in [1.165, 1.54) is 41.2 Å². The van der Waals surface area contributed by atoms with Gasteiger partial charge in [0.1, 0.15) is 17.3 Å². The molecule has 2 bridgehead atoms. The summed E-state index contributed by atoms with van der Waals surface area (Å²) in [5, 5.41) is 0. The molecule has 7 heteroatoms. The number of ether oxygens (including phenoxy) is 2. The maximum absolute atomic E-state index is 13.9. The van der Waals surface area contributed by atoms with E-state index < -0.39 is 29.5 Å². The molecule has 3 aromatic carbocycles. The SMILES string of the molecule is COc1ccccc1C(=O)N1C(=O)N(c2ccc(F)cc2)[C@@]2(C)C[C@H]1c1ccccc1O2. The monoisotopic (exact) mass is 432 g/mol. The van der Waals surface area contributed by atoms with Crippen molar-refractivity contribution in [1.82, 2.24) is 4.90 Å². The summed E-state index contributed by atoms with van der Waals surface area (Å²) in [7, 11) is 1.48. The van der Waals surface area contributed by atoms with Crippen LogP contribution in [0.5, 0.6) is 11.5 Å². The topological polar surface area (TPSA) is 59.1 Å². The molecule has 32 heavy (non-hydrogen) atoms. The summed E-state index contributed by atoms with van der Waals surface area (Å²) < 4.78 is 25.2. The van der Waals surface area contributed by atoms with Crippen LogP contribution >= 0.6 is 0 Å². The second kappa shape index (κ2) is 7.37. The average molecular weight is 432 g/mol. The van der Waals surface area contributed by atoms with Crippen molar-refractivity contribution < 1.29 is 23.5 Å². The highest BCUT2D eigenvalue weighted by Crippen LogP contribution is 2.49. The molecular formula is C25H21FN2O4. The van der Waals surface area contributed by atoms with Crippen molar-refractivity contribution in [3.63, 3.8) is 0 Å². The van der Waals surface area contributed by atoms with Gasteiger partial charge >= 0.3 is 6.03 Å². The number of para-hydroxylation sites is 2. The van der Waals surface area contributed by atoms with E-state index in [1.54, 1.807) is 24.3 Å². The molecule has 1 saturated heterocycles. The van der Waals surface area contributed by atoms with E-state index in [-0.39, 0.29) is 5.56 Å². The first-order valence-corrected chi connectivity index (χ1v) is 10.3. The summed E-state index contributed by atoms with van der Waals surface area (Å²) in [6.07, 6.45) is 0.355. The molecule has 0 N–H and O–H groups in total. The molecule has 5 rings (SSSR count). The molecule has 2 aliphatic rings. The molecule has 6 nitrogen and oxygen atoms in total. The van der Waals surface area contributed by atoms with Gasteiger partial charge in [0.25, 0.3) is 5.91 Å². The Balaban J connectivity index is 1.68. The quantitative estimate of drug-likeness (QED) is 0.574. The number of anilines is 1. The van der Waals surface area contributed by atoms with Crippen LogP contribution < -0.4 is 14.4 Å². The zero-order valence-electron chi connectivity index (χ0n) is 17.6. The molecule has 0 radical (unpaired) electrons. The normalized spacial score (nSPS) is 21.6. The number of amides is 3. The van der Waals surface area contributed by atoms with Gasteiger partial charge in [-0.3, -0.25) is 14.6 Å². The van der Waals surface area contributed by atoms with E-state index in [0.717, 1.165) is 5.56 Å². The van der Waals surface area contributed by atoms with Crippen molar-refractivity contribution in [2.45, 2.75) is 25.1 Å². The van der Waals surface area contributed by atoms with Crippen LogP contribution in [0.3, 0.4) is 0 Å².